The minimum absolute atomic E-state index is 0.515. The zero-order valence-electron chi connectivity index (χ0n) is 22.9. The van der Waals surface area contributed by atoms with E-state index in [0.29, 0.717) is 18.1 Å². The molecule has 0 N–H and O–H groups in total. The molecule has 0 radical (unpaired) electrons. The van der Waals surface area contributed by atoms with Gasteiger partial charge in [0.25, 0.3) is 0 Å². The van der Waals surface area contributed by atoms with E-state index in [9.17, 15) is 0 Å². The Hall–Kier alpha value is -3.09. The molecule has 0 bridgehead atoms. The quantitative estimate of drug-likeness (QED) is 0.387. The monoisotopic (exact) mass is 496 g/mol. The molecule has 0 unspecified atom stereocenters. The molecule has 2 aliphatic rings. The molecule has 194 valence electrons. The number of aromatic nitrogens is 2. The second-order valence-electron chi connectivity index (χ2n) is 11.4. The van der Waals surface area contributed by atoms with Crippen LogP contribution in [0.5, 0.6) is 0 Å². The maximum Gasteiger partial charge on any atom is 0.138 e. The Balaban J connectivity index is 1.31. The molecule has 0 saturated carbocycles. The van der Waals surface area contributed by atoms with Crippen LogP contribution >= 0.6 is 0 Å². The number of piperazine rings is 1. The molecule has 0 amide bonds. The summed E-state index contributed by atoms with van der Waals surface area (Å²) < 4.78 is 2.30. The number of piperidine rings is 1. The number of fused-ring (bicyclic) bond motifs is 3. The van der Waals surface area contributed by atoms with Gasteiger partial charge in [0.15, 0.2) is 0 Å². The van der Waals surface area contributed by atoms with Crippen molar-refractivity contribution in [3.05, 3.63) is 60.8 Å². The van der Waals surface area contributed by atoms with Crippen LogP contribution in [0, 0.1) is 0 Å². The standard InChI is InChI=1S/C31H40N6/c1-22-19-36(20-23(2)34(22)5)29-8-6-7-28-31(29)37-21-25(11-14-30(37)32-28)24-9-12-27(13-10-24)35-17-15-26(16-18-35)33(3)4/h6-14,21-23,26H,15-20H2,1-5H3/t22-,23+. The Bertz CT molecular complexity index is 1370. The predicted molar refractivity (Wildman–Crippen MR) is 156 cm³/mol. The van der Waals surface area contributed by atoms with Gasteiger partial charge in [0.05, 0.1) is 16.7 Å². The van der Waals surface area contributed by atoms with Gasteiger partial charge in [-0.3, -0.25) is 9.30 Å². The number of imidazole rings is 1. The number of pyridine rings is 1. The number of hydrogen-bond donors (Lipinski definition) is 0. The topological polar surface area (TPSA) is 30.3 Å². The molecule has 2 saturated heterocycles. The SMILES string of the molecule is C[C@@H]1CN(c2cccc3nc4ccc(-c5ccc(N6CCC(N(C)C)CC6)cc5)cn4c23)C[C@H](C)N1C. The van der Waals surface area contributed by atoms with Crippen molar-refractivity contribution < 1.29 is 0 Å². The summed E-state index contributed by atoms with van der Waals surface area (Å²) in [6.45, 7) is 8.95. The summed E-state index contributed by atoms with van der Waals surface area (Å²) in [5, 5.41) is 0. The summed E-state index contributed by atoms with van der Waals surface area (Å²) in [6.07, 6.45) is 4.73. The molecular formula is C31H40N6. The minimum atomic E-state index is 0.515. The molecule has 2 aromatic heterocycles. The summed E-state index contributed by atoms with van der Waals surface area (Å²) in [5.74, 6) is 0. The first-order valence-corrected chi connectivity index (χ1v) is 13.8. The number of likely N-dealkylation sites (N-methyl/N-ethyl adjacent to an activating group) is 1. The number of rotatable bonds is 4. The van der Waals surface area contributed by atoms with E-state index in [-0.39, 0.29) is 0 Å². The Kier molecular flexibility index (Phi) is 6.33. The molecule has 2 aromatic carbocycles. The Morgan fingerprint density at radius 3 is 2.16 bits per heavy atom. The van der Waals surface area contributed by atoms with E-state index in [1.54, 1.807) is 0 Å². The first-order chi connectivity index (χ1) is 17.9. The van der Waals surface area contributed by atoms with Gasteiger partial charge in [-0.05, 0) is 95.4 Å². The van der Waals surface area contributed by atoms with Crippen molar-refractivity contribution in [2.75, 3.05) is 57.1 Å². The van der Waals surface area contributed by atoms with Crippen LogP contribution in [0.25, 0.3) is 27.8 Å². The van der Waals surface area contributed by atoms with Crippen molar-refractivity contribution in [2.24, 2.45) is 0 Å². The molecule has 2 fully saturated rings. The molecular weight excluding hydrogens is 456 g/mol. The average molecular weight is 497 g/mol. The molecule has 4 heterocycles. The second-order valence-corrected chi connectivity index (χ2v) is 11.4. The summed E-state index contributed by atoms with van der Waals surface area (Å²) in [7, 11) is 6.64. The van der Waals surface area contributed by atoms with Gasteiger partial charge in [-0.25, -0.2) is 4.98 Å². The van der Waals surface area contributed by atoms with Crippen LogP contribution in [-0.4, -0.2) is 84.6 Å². The van der Waals surface area contributed by atoms with Crippen molar-refractivity contribution in [3.63, 3.8) is 0 Å². The third kappa shape index (κ3) is 4.47. The zero-order valence-corrected chi connectivity index (χ0v) is 22.9. The van der Waals surface area contributed by atoms with E-state index < -0.39 is 0 Å². The van der Waals surface area contributed by atoms with Gasteiger partial charge in [0.2, 0.25) is 0 Å². The van der Waals surface area contributed by atoms with Crippen LogP contribution in [0.15, 0.2) is 60.8 Å². The zero-order chi connectivity index (χ0) is 25.7. The van der Waals surface area contributed by atoms with Gasteiger partial charge in [0.1, 0.15) is 5.65 Å². The maximum atomic E-state index is 4.97. The fourth-order valence-electron chi connectivity index (χ4n) is 6.28. The normalized spacial score (nSPS) is 22.0. The van der Waals surface area contributed by atoms with Gasteiger partial charge >= 0.3 is 0 Å². The van der Waals surface area contributed by atoms with Gasteiger partial charge in [-0.2, -0.15) is 0 Å². The number of anilines is 2. The van der Waals surface area contributed by atoms with Gasteiger partial charge in [-0.1, -0.05) is 18.2 Å². The highest BCUT2D eigenvalue weighted by atomic mass is 15.3. The Morgan fingerprint density at radius 1 is 0.811 bits per heavy atom. The average Bonchev–Trinajstić information content (AvgIpc) is 3.30. The predicted octanol–water partition coefficient (Wildman–Crippen LogP) is 5.21. The highest BCUT2D eigenvalue weighted by Crippen LogP contribution is 2.32. The molecule has 37 heavy (non-hydrogen) atoms. The molecule has 6 heteroatoms. The van der Waals surface area contributed by atoms with E-state index in [1.807, 2.05) is 0 Å². The van der Waals surface area contributed by atoms with Crippen molar-refractivity contribution >= 4 is 28.1 Å². The van der Waals surface area contributed by atoms with E-state index in [2.05, 4.69) is 120 Å². The lowest BCUT2D eigenvalue weighted by Gasteiger charge is -2.43. The maximum absolute atomic E-state index is 4.97. The van der Waals surface area contributed by atoms with Crippen LogP contribution < -0.4 is 9.80 Å². The van der Waals surface area contributed by atoms with Crippen LogP contribution in [-0.2, 0) is 0 Å². The largest absolute Gasteiger partial charge is 0.371 e. The molecule has 0 aliphatic carbocycles. The number of hydrogen-bond acceptors (Lipinski definition) is 5. The first-order valence-electron chi connectivity index (χ1n) is 13.8. The van der Waals surface area contributed by atoms with Crippen LogP contribution in [0.4, 0.5) is 11.4 Å². The van der Waals surface area contributed by atoms with Crippen LogP contribution in [0.3, 0.4) is 0 Å². The van der Waals surface area contributed by atoms with Crippen LogP contribution in [0.1, 0.15) is 26.7 Å². The third-order valence-corrected chi connectivity index (χ3v) is 8.86. The van der Waals surface area contributed by atoms with E-state index in [1.165, 1.54) is 40.9 Å². The van der Waals surface area contributed by atoms with Gasteiger partial charge < -0.3 is 14.7 Å². The fourth-order valence-corrected chi connectivity index (χ4v) is 6.28. The lowest BCUT2D eigenvalue weighted by atomic mass is 10.0. The fraction of sp³-hybridized carbons (Fsp3) is 0.452. The smallest absolute Gasteiger partial charge is 0.138 e. The molecule has 4 aromatic rings. The molecule has 2 atom stereocenters. The van der Waals surface area contributed by atoms with Crippen molar-refractivity contribution in [1.82, 2.24) is 19.2 Å². The van der Waals surface area contributed by atoms with E-state index in [4.69, 9.17) is 4.98 Å². The number of para-hydroxylation sites is 1. The number of benzene rings is 2. The lowest BCUT2D eigenvalue weighted by Crippen LogP contribution is -2.55. The lowest BCUT2D eigenvalue weighted by molar-refractivity contribution is 0.170. The summed E-state index contributed by atoms with van der Waals surface area (Å²) >= 11 is 0. The van der Waals surface area contributed by atoms with Crippen molar-refractivity contribution in [1.29, 1.82) is 0 Å². The van der Waals surface area contributed by atoms with E-state index in [0.717, 1.165) is 37.3 Å². The second kappa shape index (κ2) is 9.66. The van der Waals surface area contributed by atoms with Crippen molar-refractivity contribution in [3.8, 4) is 11.1 Å². The van der Waals surface area contributed by atoms with Crippen molar-refractivity contribution in [2.45, 2.75) is 44.8 Å². The Morgan fingerprint density at radius 2 is 1.49 bits per heavy atom. The van der Waals surface area contributed by atoms with Crippen LogP contribution in [0.2, 0.25) is 0 Å². The molecule has 2 aliphatic heterocycles. The van der Waals surface area contributed by atoms with E-state index >= 15 is 0 Å². The molecule has 6 rings (SSSR count). The Labute approximate surface area is 221 Å². The third-order valence-electron chi connectivity index (χ3n) is 8.86. The highest BCUT2D eigenvalue weighted by Gasteiger charge is 2.28. The minimum Gasteiger partial charge on any atom is -0.371 e. The molecule has 6 nitrogen and oxygen atoms in total. The highest BCUT2D eigenvalue weighted by molar-refractivity contribution is 5.92. The summed E-state index contributed by atoms with van der Waals surface area (Å²) in [5.41, 5.74) is 8.35. The first kappa shape index (κ1) is 24.3. The van der Waals surface area contributed by atoms with Gasteiger partial charge in [-0.15, -0.1) is 0 Å². The summed E-state index contributed by atoms with van der Waals surface area (Å²) in [6, 6.07) is 21.8. The van der Waals surface area contributed by atoms with Gasteiger partial charge in [0, 0.05) is 56.2 Å². The molecule has 0 spiro atoms. The summed E-state index contributed by atoms with van der Waals surface area (Å²) in [4.78, 5) is 14.9. The number of nitrogens with zero attached hydrogens (tertiary/aromatic N) is 6.